The van der Waals surface area contributed by atoms with Crippen molar-refractivity contribution in [2.75, 3.05) is 6.54 Å². The Morgan fingerprint density at radius 2 is 1.94 bits per heavy atom. The van der Waals surface area contributed by atoms with E-state index in [1.165, 1.54) is 5.56 Å². The van der Waals surface area contributed by atoms with Gasteiger partial charge in [0.2, 0.25) is 0 Å². The van der Waals surface area contributed by atoms with E-state index in [9.17, 15) is 4.79 Å². The molecule has 0 aliphatic rings. The first-order valence-corrected chi connectivity index (χ1v) is 5.89. The summed E-state index contributed by atoms with van der Waals surface area (Å²) in [6, 6.07) is 10.1. The summed E-state index contributed by atoms with van der Waals surface area (Å²) < 4.78 is 0. The van der Waals surface area contributed by atoms with Crippen molar-refractivity contribution in [2.45, 2.75) is 26.8 Å². The zero-order chi connectivity index (χ0) is 12.7. The molecule has 0 aliphatic heterocycles. The van der Waals surface area contributed by atoms with E-state index in [4.69, 9.17) is 0 Å². The van der Waals surface area contributed by atoms with Crippen molar-refractivity contribution in [3.63, 3.8) is 0 Å². The van der Waals surface area contributed by atoms with Gasteiger partial charge in [0.15, 0.2) is 0 Å². The second-order valence-corrected chi connectivity index (χ2v) is 4.13. The third-order valence-corrected chi connectivity index (χ3v) is 2.36. The van der Waals surface area contributed by atoms with E-state index in [1.807, 2.05) is 23.2 Å². The van der Waals surface area contributed by atoms with Crippen LogP contribution in [0.5, 0.6) is 0 Å². The van der Waals surface area contributed by atoms with Gasteiger partial charge in [0.25, 0.3) is 5.91 Å². The molecular weight excluding hydrogens is 248 g/mol. The van der Waals surface area contributed by atoms with Crippen LogP contribution in [-0.4, -0.2) is 17.5 Å². The highest BCUT2D eigenvalue weighted by molar-refractivity contribution is 5.91. The third-order valence-electron chi connectivity index (χ3n) is 2.36. The minimum absolute atomic E-state index is 0. The van der Waals surface area contributed by atoms with Crippen LogP contribution in [-0.2, 0) is 11.3 Å². The topological polar surface area (TPSA) is 32.3 Å². The number of benzene rings is 1. The Hall–Kier alpha value is -1.32. The van der Waals surface area contributed by atoms with Gasteiger partial charge >= 0.3 is 0 Å². The maximum atomic E-state index is 11.6. The normalized spacial score (nSPS) is 9.72. The van der Waals surface area contributed by atoms with E-state index in [-0.39, 0.29) is 18.3 Å². The Morgan fingerprint density at radius 3 is 2.44 bits per heavy atom. The lowest BCUT2D eigenvalue weighted by atomic mass is 10.2. The number of hydrogen-bond acceptors (Lipinski definition) is 2. The average Bonchev–Trinajstić information content (AvgIpc) is 2.30. The summed E-state index contributed by atoms with van der Waals surface area (Å²) in [4.78, 5) is 11.6. The molecule has 3 nitrogen and oxygen atoms in total. The van der Waals surface area contributed by atoms with Gasteiger partial charge < -0.3 is 0 Å². The largest absolute Gasteiger partial charge is 0.285 e. The Morgan fingerprint density at radius 1 is 1.33 bits per heavy atom. The fraction of sp³-hybridized carbons (Fsp3) is 0.357. The Bertz CT molecular complexity index is 379. The van der Waals surface area contributed by atoms with Gasteiger partial charge in [-0.15, -0.1) is 12.4 Å². The number of halogens is 1. The lowest BCUT2D eigenvalue weighted by Crippen LogP contribution is -2.42. The second-order valence-electron chi connectivity index (χ2n) is 4.13. The van der Waals surface area contributed by atoms with Gasteiger partial charge in [-0.05, 0) is 18.9 Å². The molecular formula is C14H21ClN2O. The minimum Gasteiger partial charge on any atom is -0.285 e. The highest BCUT2D eigenvalue weighted by Gasteiger charge is 2.09. The maximum absolute atomic E-state index is 11.6. The maximum Gasteiger partial charge on any atom is 0.260 e. The number of carbonyl (C=O) groups is 1. The molecule has 0 fully saturated rings. The smallest absolute Gasteiger partial charge is 0.260 e. The molecule has 1 N–H and O–H groups in total. The van der Waals surface area contributed by atoms with Crippen LogP contribution in [0.25, 0.3) is 0 Å². The summed E-state index contributed by atoms with van der Waals surface area (Å²) in [6.07, 6.45) is 0.989. The van der Waals surface area contributed by atoms with E-state index in [1.54, 1.807) is 6.92 Å². The Labute approximate surface area is 115 Å². The van der Waals surface area contributed by atoms with E-state index >= 15 is 0 Å². The van der Waals surface area contributed by atoms with Gasteiger partial charge in [0.1, 0.15) is 0 Å². The molecule has 0 radical (unpaired) electrons. The van der Waals surface area contributed by atoms with E-state index in [0.717, 1.165) is 13.0 Å². The van der Waals surface area contributed by atoms with Gasteiger partial charge in [-0.2, -0.15) is 0 Å². The fourth-order valence-electron chi connectivity index (χ4n) is 1.49. The number of hydrazine groups is 1. The van der Waals surface area contributed by atoms with Crippen molar-refractivity contribution in [1.29, 1.82) is 0 Å². The van der Waals surface area contributed by atoms with E-state index in [2.05, 4.69) is 31.1 Å². The van der Waals surface area contributed by atoms with Crippen molar-refractivity contribution in [3.05, 3.63) is 48.0 Å². The molecule has 100 valence electrons. The summed E-state index contributed by atoms with van der Waals surface area (Å²) in [7, 11) is 0. The van der Waals surface area contributed by atoms with Gasteiger partial charge in [0, 0.05) is 18.7 Å². The molecule has 1 rings (SSSR count). The fourth-order valence-corrected chi connectivity index (χ4v) is 1.49. The summed E-state index contributed by atoms with van der Waals surface area (Å²) in [5.41, 5.74) is 4.57. The van der Waals surface area contributed by atoms with Crippen molar-refractivity contribution in [3.8, 4) is 0 Å². The van der Waals surface area contributed by atoms with Crippen molar-refractivity contribution >= 4 is 18.3 Å². The predicted molar refractivity (Wildman–Crippen MR) is 77.3 cm³/mol. The first-order valence-electron chi connectivity index (χ1n) is 5.89. The number of hydrogen-bond donors (Lipinski definition) is 1. The molecule has 0 unspecified atom stereocenters. The lowest BCUT2D eigenvalue weighted by molar-refractivity contribution is -0.122. The SMILES string of the molecule is C=C(C)C(=O)NN(CCC)Cc1ccccc1.Cl. The molecule has 0 aromatic heterocycles. The van der Waals surface area contributed by atoms with E-state index in [0.29, 0.717) is 12.1 Å². The third kappa shape index (κ3) is 5.84. The van der Waals surface area contributed by atoms with E-state index < -0.39 is 0 Å². The summed E-state index contributed by atoms with van der Waals surface area (Å²) >= 11 is 0. The van der Waals surface area contributed by atoms with Crippen LogP contribution in [0.15, 0.2) is 42.5 Å². The molecule has 0 saturated heterocycles. The van der Waals surface area contributed by atoms with Crippen LogP contribution >= 0.6 is 12.4 Å². The molecule has 0 heterocycles. The molecule has 0 spiro atoms. The van der Waals surface area contributed by atoms with Gasteiger partial charge in [-0.1, -0.05) is 43.8 Å². The van der Waals surface area contributed by atoms with Gasteiger partial charge in [-0.25, -0.2) is 5.01 Å². The van der Waals surface area contributed by atoms with Crippen LogP contribution in [0.3, 0.4) is 0 Å². The summed E-state index contributed by atoms with van der Waals surface area (Å²) in [5, 5.41) is 1.92. The van der Waals surface area contributed by atoms with Crippen LogP contribution in [0.4, 0.5) is 0 Å². The number of carbonyl (C=O) groups excluding carboxylic acids is 1. The number of rotatable bonds is 6. The van der Waals surface area contributed by atoms with Crippen LogP contribution in [0.1, 0.15) is 25.8 Å². The molecule has 0 bridgehead atoms. The van der Waals surface area contributed by atoms with Crippen LogP contribution in [0.2, 0.25) is 0 Å². The average molecular weight is 269 g/mol. The molecule has 4 heteroatoms. The predicted octanol–water partition coefficient (Wildman–Crippen LogP) is 2.93. The van der Waals surface area contributed by atoms with Gasteiger partial charge in [0.05, 0.1) is 0 Å². The highest BCUT2D eigenvalue weighted by Crippen LogP contribution is 2.03. The Kier molecular flexibility index (Phi) is 8.08. The first-order chi connectivity index (χ1) is 8.13. The van der Waals surface area contributed by atoms with Crippen molar-refractivity contribution < 1.29 is 4.79 Å². The summed E-state index contributed by atoms with van der Waals surface area (Å²) in [6.45, 7) is 8.98. The number of nitrogens with one attached hydrogen (secondary N) is 1. The highest BCUT2D eigenvalue weighted by atomic mass is 35.5. The quantitative estimate of drug-likeness (QED) is 0.636. The standard InChI is InChI=1S/C14H20N2O.ClH/c1-4-10-16(15-14(17)12(2)3)11-13-8-6-5-7-9-13;/h5-9H,2,4,10-11H2,1,3H3,(H,15,17);1H. The monoisotopic (exact) mass is 268 g/mol. The zero-order valence-electron chi connectivity index (χ0n) is 11.0. The Balaban J connectivity index is 0.00000289. The number of amides is 1. The molecule has 0 atom stereocenters. The molecule has 1 aromatic rings. The van der Waals surface area contributed by atoms with Crippen molar-refractivity contribution in [2.24, 2.45) is 0 Å². The van der Waals surface area contributed by atoms with Crippen molar-refractivity contribution in [1.82, 2.24) is 10.4 Å². The zero-order valence-corrected chi connectivity index (χ0v) is 11.8. The molecule has 1 amide bonds. The van der Waals surface area contributed by atoms with Crippen LogP contribution in [0, 0.1) is 0 Å². The minimum atomic E-state index is -0.116. The second kappa shape index (κ2) is 8.72. The molecule has 0 aliphatic carbocycles. The van der Waals surface area contributed by atoms with Crippen LogP contribution < -0.4 is 5.43 Å². The lowest BCUT2D eigenvalue weighted by Gasteiger charge is -2.22. The van der Waals surface area contributed by atoms with Gasteiger partial charge in [-0.3, -0.25) is 10.2 Å². The molecule has 0 saturated carbocycles. The molecule has 1 aromatic carbocycles. The number of nitrogens with zero attached hydrogens (tertiary/aromatic N) is 1. The summed E-state index contributed by atoms with van der Waals surface area (Å²) in [5.74, 6) is -0.116. The first kappa shape index (κ1) is 16.7. The molecule has 18 heavy (non-hydrogen) atoms.